The SMILES string of the molecule is O=C(CSc1nnc(-c2ccccc2)c2ccccc12)Nc1ccc(F)cc1F. The van der Waals surface area contributed by atoms with Crippen molar-refractivity contribution in [1.29, 1.82) is 0 Å². The molecule has 0 aliphatic heterocycles. The third-order valence-corrected chi connectivity index (χ3v) is 5.23. The lowest BCUT2D eigenvalue weighted by molar-refractivity contribution is -0.113. The molecular formula is C22H15F2N3OS. The highest BCUT2D eigenvalue weighted by Gasteiger charge is 2.13. The number of hydrogen-bond acceptors (Lipinski definition) is 4. The summed E-state index contributed by atoms with van der Waals surface area (Å²) in [6.07, 6.45) is 0. The Balaban J connectivity index is 1.55. The first kappa shape index (κ1) is 19.0. The number of aromatic nitrogens is 2. The quantitative estimate of drug-likeness (QED) is 0.456. The van der Waals surface area contributed by atoms with Crippen molar-refractivity contribution in [2.75, 3.05) is 11.1 Å². The Labute approximate surface area is 170 Å². The van der Waals surface area contributed by atoms with E-state index in [9.17, 15) is 13.6 Å². The van der Waals surface area contributed by atoms with Gasteiger partial charge in [0.25, 0.3) is 0 Å². The van der Waals surface area contributed by atoms with Gasteiger partial charge in [-0.25, -0.2) is 8.78 Å². The van der Waals surface area contributed by atoms with Crippen LogP contribution in [0.3, 0.4) is 0 Å². The molecule has 0 atom stereocenters. The molecule has 1 heterocycles. The number of nitrogens with one attached hydrogen (secondary N) is 1. The van der Waals surface area contributed by atoms with Gasteiger partial charge in [-0.2, -0.15) is 0 Å². The molecule has 0 saturated carbocycles. The lowest BCUT2D eigenvalue weighted by atomic mass is 10.1. The summed E-state index contributed by atoms with van der Waals surface area (Å²) >= 11 is 1.21. The fourth-order valence-electron chi connectivity index (χ4n) is 2.91. The maximum atomic E-state index is 13.7. The minimum atomic E-state index is -0.819. The number of amides is 1. The number of halogens is 2. The molecule has 1 aromatic heterocycles. The molecule has 7 heteroatoms. The molecule has 4 rings (SSSR count). The van der Waals surface area contributed by atoms with Crippen LogP contribution in [0.4, 0.5) is 14.5 Å². The number of rotatable bonds is 5. The Morgan fingerprint density at radius 3 is 2.38 bits per heavy atom. The van der Waals surface area contributed by atoms with Crippen LogP contribution in [-0.2, 0) is 4.79 Å². The van der Waals surface area contributed by atoms with E-state index in [0.717, 1.165) is 34.2 Å². The third-order valence-electron chi connectivity index (χ3n) is 4.25. The smallest absolute Gasteiger partial charge is 0.234 e. The number of carbonyl (C=O) groups excluding carboxylic acids is 1. The van der Waals surface area contributed by atoms with Gasteiger partial charge < -0.3 is 5.32 Å². The van der Waals surface area contributed by atoms with Crippen molar-refractivity contribution in [3.63, 3.8) is 0 Å². The van der Waals surface area contributed by atoms with Gasteiger partial charge in [0.15, 0.2) is 0 Å². The van der Waals surface area contributed by atoms with Crippen molar-refractivity contribution >= 4 is 34.1 Å². The fourth-order valence-corrected chi connectivity index (χ4v) is 3.68. The molecule has 0 unspecified atom stereocenters. The van der Waals surface area contributed by atoms with Crippen LogP contribution in [0.2, 0.25) is 0 Å². The molecular weight excluding hydrogens is 392 g/mol. The third kappa shape index (κ3) is 4.25. The first-order valence-electron chi connectivity index (χ1n) is 8.80. The van der Waals surface area contributed by atoms with Crippen molar-refractivity contribution in [2.45, 2.75) is 5.03 Å². The molecule has 4 aromatic rings. The Kier molecular flexibility index (Phi) is 5.48. The zero-order valence-corrected chi connectivity index (χ0v) is 15.9. The van der Waals surface area contributed by atoms with Gasteiger partial charge >= 0.3 is 0 Å². The lowest BCUT2D eigenvalue weighted by Crippen LogP contribution is -2.15. The summed E-state index contributed by atoms with van der Waals surface area (Å²) in [4.78, 5) is 12.2. The molecule has 0 bridgehead atoms. The first-order valence-corrected chi connectivity index (χ1v) is 9.79. The van der Waals surface area contributed by atoms with Crippen LogP contribution in [0.1, 0.15) is 0 Å². The molecule has 1 amide bonds. The summed E-state index contributed by atoms with van der Waals surface area (Å²) in [5, 5.41) is 13.5. The van der Waals surface area contributed by atoms with Gasteiger partial charge in [-0.1, -0.05) is 66.4 Å². The summed E-state index contributed by atoms with van der Waals surface area (Å²) in [6.45, 7) is 0. The number of carbonyl (C=O) groups is 1. The second-order valence-electron chi connectivity index (χ2n) is 6.23. The van der Waals surface area contributed by atoms with Crippen LogP contribution >= 0.6 is 11.8 Å². The molecule has 0 aliphatic carbocycles. The summed E-state index contributed by atoms with van der Waals surface area (Å²) < 4.78 is 26.7. The lowest BCUT2D eigenvalue weighted by Gasteiger charge is -2.10. The van der Waals surface area contributed by atoms with Gasteiger partial charge in [0.2, 0.25) is 5.91 Å². The molecule has 0 radical (unpaired) electrons. The van der Waals surface area contributed by atoms with E-state index in [4.69, 9.17) is 0 Å². The minimum Gasteiger partial charge on any atom is -0.323 e. The first-order chi connectivity index (χ1) is 14.1. The summed E-state index contributed by atoms with van der Waals surface area (Å²) in [5.41, 5.74) is 1.66. The zero-order valence-electron chi connectivity index (χ0n) is 15.1. The highest BCUT2D eigenvalue weighted by molar-refractivity contribution is 8.00. The van der Waals surface area contributed by atoms with Gasteiger partial charge in [-0.15, -0.1) is 10.2 Å². The van der Waals surface area contributed by atoms with E-state index in [1.165, 1.54) is 17.8 Å². The van der Waals surface area contributed by atoms with Crippen LogP contribution in [0.15, 0.2) is 77.8 Å². The Bertz CT molecular complexity index is 1190. The molecule has 0 aliphatic rings. The van der Waals surface area contributed by atoms with E-state index in [1.807, 2.05) is 54.6 Å². The van der Waals surface area contributed by atoms with Gasteiger partial charge in [0.1, 0.15) is 22.4 Å². The minimum absolute atomic E-state index is 0.0141. The van der Waals surface area contributed by atoms with Crippen LogP contribution in [-0.4, -0.2) is 21.9 Å². The Hall–Kier alpha value is -3.32. The fraction of sp³-hybridized carbons (Fsp3) is 0.0455. The van der Waals surface area contributed by atoms with Gasteiger partial charge in [0.05, 0.1) is 11.4 Å². The molecule has 1 N–H and O–H groups in total. The number of nitrogens with zero attached hydrogens (tertiary/aromatic N) is 2. The molecule has 3 aromatic carbocycles. The van der Waals surface area contributed by atoms with Gasteiger partial charge in [-0.05, 0) is 12.1 Å². The van der Waals surface area contributed by atoms with Gasteiger partial charge in [-0.3, -0.25) is 4.79 Å². The van der Waals surface area contributed by atoms with Crippen molar-refractivity contribution in [1.82, 2.24) is 10.2 Å². The van der Waals surface area contributed by atoms with E-state index in [2.05, 4.69) is 15.5 Å². The molecule has 0 saturated heterocycles. The zero-order chi connectivity index (χ0) is 20.2. The number of thioether (sulfide) groups is 1. The Morgan fingerprint density at radius 1 is 0.897 bits per heavy atom. The van der Waals surface area contributed by atoms with Crippen molar-refractivity contribution < 1.29 is 13.6 Å². The Morgan fingerprint density at radius 2 is 1.62 bits per heavy atom. The molecule has 0 fully saturated rings. The second kappa shape index (κ2) is 8.36. The number of fused-ring (bicyclic) bond motifs is 1. The molecule has 29 heavy (non-hydrogen) atoms. The highest BCUT2D eigenvalue weighted by atomic mass is 32.2. The maximum Gasteiger partial charge on any atom is 0.234 e. The number of anilines is 1. The molecule has 0 spiro atoms. The van der Waals surface area contributed by atoms with E-state index < -0.39 is 17.5 Å². The topological polar surface area (TPSA) is 54.9 Å². The average Bonchev–Trinajstić information content (AvgIpc) is 2.74. The predicted molar refractivity (Wildman–Crippen MR) is 111 cm³/mol. The van der Waals surface area contributed by atoms with Gasteiger partial charge in [0, 0.05) is 22.4 Å². The van der Waals surface area contributed by atoms with Crippen LogP contribution in [0, 0.1) is 11.6 Å². The highest BCUT2D eigenvalue weighted by Crippen LogP contribution is 2.31. The molecule has 144 valence electrons. The van der Waals surface area contributed by atoms with Crippen LogP contribution < -0.4 is 5.32 Å². The maximum absolute atomic E-state index is 13.7. The standard InChI is InChI=1S/C22H15F2N3OS/c23-15-10-11-19(18(24)12-15)25-20(28)13-29-22-17-9-5-4-8-16(17)21(26-27-22)14-6-2-1-3-7-14/h1-12H,13H2,(H,25,28). The summed E-state index contributed by atoms with van der Waals surface area (Å²) in [6, 6.07) is 20.5. The predicted octanol–water partition coefficient (Wildman–Crippen LogP) is 5.31. The second-order valence-corrected chi connectivity index (χ2v) is 7.19. The normalized spacial score (nSPS) is 10.8. The largest absolute Gasteiger partial charge is 0.323 e. The molecule has 4 nitrogen and oxygen atoms in total. The average molecular weight is 407 g/mol. The van der Waals surface area contributed by atoms with Crippen LogP contribution in [0.25, 0.3) is 22.0 Å². The van der Waals surface area contributed by atoms with E-state index in [1.54, 1.807) is 0 Å². The van der Waals surface area contributed by atoms with Crippen molar-refractivity contribution in [2.24, 2.45) is 0 Å². The van der Waals surface area contributed by atoms with Crippen molar-refractivity contribution in [3.8, 4) is 11.3 Å². The van der Waals surface area contributed by atoms with E-state index >= 15 is 0 Å². The summed E-state index contributed by atoms with van der Waals surface area (Å²) in [5.74, 6) is -1.92. The van der Waals surface area contributed by atoms with Crippen LogP contribution in [0.5, 0.6) is 0 Å². The number of benzene rings is 3. The summed E-state index contributed by atoms with van der Waals surface area (Å²) in [7, 11) is 0. The van der Waals surface area contributed by atoms with E-state index in [0.29, 0.717) is 5.03 Å². The number of hydrogen-bond donors (Lipinski definition) is 1. The monoisotopic (exact) mass is 407 g/mol. The van der Waals surface area contributed by atoms with Crippen molar-refractivity contribution in [3.05, 3.63) is 84.4 Å². The van der Waals surface area contributed by atoms with E-state index in [-0.39, 0.29) is 11.4 Å².